The molecule has 0 bridgehead atoms. The van der Waals surface area contributed by atoms with E-state index in [0.717, 1.165) is 54.3 Å². The molecule has 216 valence electrons. The number of aryl methyl sites for hydroxylation is 1. The number of benzene rings is 2. The molecule has 3 aromatic rings. The van der Waals surface area contributed by atoms with Crippen LogP contribution in [0.25, 0.3) is 0 Å². The quantitative estimate of drug-likeness (QED) is 0.296. The molecule has 2 aliphatic carbocycles. The number of carboxylic acid groups (broad SMARTS) is 1. The number of aromatic carboxylic acids is 1. The van der Waals surface area contributed by atoms with Crippen molar-refractivity contribution in [3.05, 3.63) is 77.1 Å². The zero-order valence-electron chi connectivity index (χ0n) is 23.2. The van der Waals surface area contributed by atoms with Crippen molar-refractivity contribution < 1.29 is 29.0 Å². The molecule has 41 heavy (non-hydrogen) atoms. The molecule has 0 aliphatic heterocycles. The van der Waals surface area contributed by atoms with Crippen LogP contribution in [-0.4, -0.2) is 51.4 Å². The van der Waals surface area contributed by atoms with Crippen LogP contribution in [0.3, 0.4) is 0 Å². The highest BCUT2D eigenvalue weighted by Gasteiger charge is 2.29. The number of aromatic nitrogens is 2. The zero-order chi connectivity index (χ0) is 28.8. The fourth-order valence-corrected chi connectivity index (χ4v) is 5.00. The van der Waals surface area contributed by atoms with Crippen molar-refractivity contribution in [3.63, 3.8) is 0 Å². The van der Waals surface area contributed by atoms with Crippen molar-refractivity contribution in [1.82, 2.24) is 15.1 Å². The van der Waals surface area contributed by atoms with Crippen molar-refractivity contribution in [2.24, 2.45) is 5.92 Å². The molecule has 2 aliphatic rings. The maximum absolute atomic E-state index is 13.4. The van der Waals surface area contributed by atoms with Gasteiger partial charge in [0.2, 0.25) is 5.91 Å². The average molecular weight is 561 g/mol. The van der Waals surface area contributed by atoms with Crippen LogP contribution >= 0.6 is 0 Å². The Morgan fingerprint density at radius 2 is 1.80 bits per heavy atom. The number of rotatable bonds is 12. The number of carboxylic acids is 1. The molecular formula is C31H36N4O6. The van der Waals surface area contributed by atoms with E-state index in [1.54, 1.807) is 12.1 Å². The smallest absolute Gasteiger partial charge is 0.356 e. The standard InChI is InChI=1S/C31H36N4O6/c1-20-11-14-28(41-19-22-12-13-22)24(15-20)33-30(37)26-16-25(31(38)39)34-35(26)17-29(36)32-23-9-5-6-10-27(23)40-18-21-7-3-2-4-8-21/h2-4,7-8,11,14-16,22-23,27H,5-6,9-10,12-13,17-19H2,1H3,(H,32,36)(H,33,37)(H,38,39)/t23-,27-/m0/s1. The predicted octanol–water partition coefficient (Wildman–Crippen LogP) is 4.58. The maximum atomic E-state index is 13.4. The van der Waals surface area contributed by atoms with Crippen molar-refractivity contribution in [2.75, 3.05) is 11.9 Å². The van der Waals surface area contributed by atoms with Gasteiger partial charge in [0.15, 0.2) is 5.69 Å². The van der Waals surface area contributed by atoms with E-state index in [2.05, 4.69) is 15.7 Å². The lowest BCUT2D eigenvalue weighted by Crippen LogP contribution is -2.47. The van der Waals surface area contributed by atoms with E-state index in [0.29, 0.717) is 30.6 Å². The predicted molar refractivity (Wildman–Crippen MR) is 152 cm³/mol. The van der Waals surface area contributed by atoms with E-state index < -0.39 is 11.9 Å². The number of ether oxygens (including phenoxy) is 2. The van der Waals surface area contributed by atoms with Crippen LogP contribution in [0.5, 0.6) is 5.75 Å². The summed E-state index contributed by atoms with van der Waals surface area (Å²) < 4.78 is 13.2. The molecule has 10 heteroatoms. The van der Waals surface area contributed by atoms with E-state index in [9.17, 15) is 19.5 Å². The summed E-state index contributed by atoms with van der Waals surface area (Å²) in [5, 5.41) is 19.4. The Kier molecular flexibility index (Phi) is 8.98. The minimum atomic E-state index is -1.29. The first kappa shape index (κ1) is 28.4. The van der Waals surface area contributed by atoms with Gasteiger partial charge in [0.1, 0.15) is 18.0 Å². The molecule has 0 spiro atoms. The maximum Gasteiger partial charge on any atom is 0.356 e. The monoisotopic (exact) mass is 560 g/mol. The van der Waals surface area contributed by atoms with Gasteiger partial charge in [-0.15, -0.1) is 0 Å². The molecule has 2 amide bonds. The van der Waals surface area contributed by atoms with Crippen LogP contribution in [0.1, 0.15) is 70.6 Å². The molecule has 10 nitrogen and oxygen atoms in total. The van der Waals surface area contributed by atoms with Gasteiger partial charge in [-0.1, -0.05) is 49.2 Å². The summed E-state index contributed by atoms with van der Waals surface area (Å²) in [4.78, 5) is 38.2. The highest BCUT2D eigenvalue weighted by atomic mass is 16.5. The Morgan fingerprint density at radius 3 is 2.56 bits per heavy atom. The first-order chi connectivity index (χ1) is 19.9. The third-order valence-corrected chi connectivity index (χ3v) is 7.44. The summed E-state index contributed by atoms with van der Waals surface area (Å²) in [6.07, 6.45) is 5.71. The third kappa shape index (κ3) is 7.73. The molecular weight excluding hydrogens is 524 g/mol. The molecule has 0 unspecified atom stereocenters. The molecule has 1 aromatic heterocycles. The van der Waals surface area contributed by atoms with Crippen molar-refractivity contribution in [1.29, 1.82) is 0 Å². The SMILES string of the molecule is Cc1ccc(OCC2CC2)c(NC(=O)c2cc(C(=O)O)nn2CC(=O)N[C@H]2CCCC[C@@H]2OCc2ccccc2)c1. The van der Waals surface area contributed by atoms with E-state index in [-0.39, 0.29) is 36.0 Å². The first-order valence-corrected chi connectivity index (χ1v) is 14.2. The van der Waals surface area contributed by atoms with Crippen molar-refractivity contribution >= 4 is 23.5 Å². The Bertz CT molecular complexity index is 1380. The van der Waals surface area contributed by atoms with Gasteiger partial charge in [-0.05, 0) is 61.8 Å². The number of carbonyl (C=O) groups excluding carboxylic acids is 2. The lowest BCUT2D eigenvalue weighted by Gasteiger charge is -2.32. The van der Waals surface area contributed by atoms with Gasteiger partial charge in [0.25, 0.3) is 5.91 Å². The van der Waals surface area contributed by atoms with Gasteiger partial charge >= 0.3 is 5.97 Å². The van der Waals surface area contributed by atoms with Crippen LogP contribution in [0, 0.1) is 12.8 Å². The fourth-order valence-electron chi connectivity index (χ4n) is 5.00. The molecule has 0 saturated heterocycles. The van der Waals surface area contributed by atoms with Crippen LogP contribution in [0.15, 0.2) is 54.6 Å². The summed E-state index contributed by atoms with van der Waals surface area (Å²) in [5.74, 6) is -1.17. The van der Waals surface area contributed by atoms with Gasteiger partial charge in [0, 0.05) is 6.07 Å². The number of nitrogens with one attached hydrogen (secondary N) is 2. The summed E-state index contributed by atoms with van der Waals surface area (Å²) in [7, 11) is 0. The Labute approximate surface area is 239 Å². The van der Waals surface area contributed by atoms with Crippen LogP contribution in [-0.2, 0) is 22.7 Å². The van der Waals surface area contributed by atoms with Crippen LogP contribution < -0.4 is 15.4 Å². The van der Waals surface area contributed by atoms with E-state index >= 15 is 0 Å². The summed E-state index contributed by atoms with van der Waals surface area (Å²) in [6, 6.07) is 16.4. The van der Waals surface area contributed by atoms with E-state index in [4.69, 9.17) is 9.47 Å². The lowest BCUT2D eigenvalue weighted by molar-refractivity contribution is -0.124. The van der Waals surface area contributed by atoms with Crippen LogP contribution in [0.4, 0.5) is 5.69 Å². The lowest BCUT2D eigenvalue weighted by atomic mass is 9.92. The molecule has 2 saturated carbocycles. The molecule has 2 atom stereocenters. The second-order valence-corrected chi connectivity index (χ2v) is 10.9. The average Bonchev–Trinajstić information content (AvgIpc) is 3.69. The summed E-state index contributed by atoms with van der Waals surface area (Å²) in [6.45, 7) is 2.62. The summed E-state index contributed by atoms with van der Waals surface area (Å²) in [5.41, 5.74) is 2.11. The molecule has 5 rings (SSSR count). The normalized spacial score (nSPS) is 18.5. The molecule has 2 fully saturated rings. The van der Waals surface area contributed by atoms with Gasteiger partial charge in [-0.3, -0.25) is 9.59 Å². The van der Waals surface area contributed by atoms with Crippen molar-refractivity contribution in [2.45, 2.75) is 70.7 Å². The minimum Gasteiger partial charge on any atom is -0.491 e. The van der Waals surface area contributed by atoms with E-state index in [1.807, 2.05) is 43.3 Å². The zero-order valence-corrected chi connectivity index (χ0v) is 23.2. The molecule has 2 aromatic carbocycles. The largest absolute Gasteiger partial charge is 0.491 e. The number of amides is 2. The highest BCUT2D eigenvalue weighted by Crippen LogP contribution is 2.32. The van der Waals surface area contributed by atoms with Crippen molar-refractivity contribution in [3.8, 4) is 5.75 Å². The molecule has 0 radical (unpaired) electrons. The van der Waals surface area contributed by atoms with Gasteiger partial charge in [-0.25, -0.2) is 9.48 Å². The Balaban J connectivity index is 1.26. The third-order valence-electron chi connectivity index (χ3n) is 7.44. The summed E-state index contributed by atoms with van der Waals surface area (Å²) >= 11 is 0. The fraction of sp³-hybridized carbons (Fsp3) is 0.419. The minimum absolute atomic E-state index is 0.0345. The topological polar surface area (TPSA) is 132 Å². The van der Waals surface area contributed by atoms with Gasteiger partial charge in [-0.2, -0.15) is 5.10 Å². The van der Waals surface area contributed by atoms with Gasteiger partial charge in [0.05, 0.1) is 31.0 Å². The van der Waals surface area contributed by atoms with Gasteiger partial charge < -0.3 is 25.2 Å². The second-order valence-electron chi connectivity index (χ2n) is 10.9. The van der Waals surface area contributed by atoms with E-state index in [1.165, 1.54) is 6.07 Å². The highest BCUT2D eigenvalue weighted by molar-refractivity contribution is 6.05. The Morgan fingerprint density at radius 1 is 1.02 bits per heavy atom. The molecule has 1 heterocycles. The second kappa shape index (κ2) is 13.0. The Hall–Kier alpha value is -4.18. The van der Waals surface area contributed by atoms with Crippen LogP contribution in [0.2, 0.25) is 0 Å². The number of hydrogen-bond acceptors (Lipinski definition) is 6. The molecule has 3 N–H and O–H groups in total. The number of nitrogens with zero attached hydrogens (tertiary/aromatic N) is 2. The first-order valence-electron chi connectivity index (χ1n) is 14.2. The number of hydrogen-bond donors (Lipinski definition) is 3. The number of carbonyl (C=O) groups is 3. The number of anilines is 1.